The number of rotatable bonds is 2. The van der Waals surface area contributed by atoms with Gasteiger partial charge in [0.25, 0.3) is 0 Å². The summed E-state index contributed by atoms with van der Waals surface area (Å²) in [6.07, 6.45) is 6.44. The largest absolute Gasteiger partial charge is 0.474 e. The zero-order valence-corrected chi connectivity index (χ0v) is 15.9. The van der Waals surface area contributed by atoms with Gasteiger partial charge in [-0.2, -0.15) is 0 Å². The molecule has 0 aromatic carbocycles. The lowest BCUT2D eigenvalue weighted by Gasteiger charge is -2.38. The molecular weight excluding hydrogens is 348 g/mol. The highest BCUT2D eigenvalue weighted by Crippen LogP contribution is 2.85. The van der Waals surface area contributed by atoms with E-state index in [4.69, 9.17) is 4.74 Å². The highest BCUT2D eigenvalue weighted by molar-refractivity contribution is 8.14. The second-order valence-corrected chi connectivity index (χ2v) is 13.2. The molecule has 2 aliphatic carbocycles. The average molecular weight is 367 g/mol. The summed E-state index contributed by atoms with van der Waals surface area (Å²) in [5.41, 5.74) is 3.35. The summed E-state index contributed by atoms with van der Waals surface area (Å²) in [6, 6.07) is 0. The minimum Gasteiger partial charge on any atom is -0.474 e. The van der Waals surface area contributed by atoms with Crippen LogP contribution >= 0.6 is 47.0 Å². The van der Waals surface area contributed by atoms with Crippen LogP contribution in [0, 0.1) is 0 Å². The standard InChI is InChI=1S/C17H18OS4/c1-3-15-8-5-7-6-9-11(19-9)14-17(7,21-14)18-10(8)12-13(20-12)16(15,4-2)22-15/h6,9,11-14H,3-5H2,1-2H3. The second-order valence-electron chi connectivity index (χ2n) is 7.59. The third-order valence-corrected chi connectivity index (χ3v) is 13.9. The summed E-state index contributed by atoms with van der Waals surface area (Å²) in [4.78, 5) is 0.0951. The summed E-state index contributed by atoms with van der Waals surface area (Å²) in [5, 5.41) is 4.00. The highest BCUT2D eigenvalue weighted by Gasteiger charge is 2.83. The van der Waals surface area contributed by atoms with Crippen LogP contribution in [0.2, 0.25) is 0 Å². The average Bonchev–Trinajstić information content (AvgIpc) is 3.39. The van der Waals surface area contributed by atoms with Gasteiger partial charge in [-0.1, -0.05) is 31.7 Å². The maximum atomic E-state index is 6.85. The molecule has 5 aliphatic heterocycles. The molecule has 5 heteroatoms. The number of hydrogen-bond acceptors (Lipinski definition) is 5. The van der Waals surface area contributed by atoms with Crippen LogP contribution in [0.1, 0.15) is 33.1 Å². The maximum Gasteiger partial charge on any atom is 0.189 e. The second kappa shape index (κ2) is 3.47. The fourth-order valence-electron chi connectivity index (χ4n) is 5.63. The first-order valence-corrected chi connectivity index (χ1v) is 12.1. The van der Waals surface area contributed by atoms with Gasteiger partial charge in [-0.15, -0.1) is 35.3 Å². The number of thioether (sulfide) groups is 4. The summed E-state index contributed by atoms with van der Waals surface area (Å²) in [7, 11) is 0. The van der Waals surface area contributed by atoms with Crippen molar-refractivity contribution in [3.05, 3.63) is 23.0 Å². The lowest BCUT2D eigenvalue weighted by atomic mass is 9.71. The lowest BCUT2D eigenvalue weighted by molar-refractivity contribution is 0.112. The highest BCUT2D eigenvalue weighted by atomic mass is 32.2. The van der Waals surface area contributed by atoms with E-state index in [1.807, 2.05) is 0 Å². The van der Waals surface area contributed by atoms with E-state index in [9.17, 15) is 0 Å². The van der Waals surface area contributed by atoms with E-state index < -0.39 is 0 Å². The Labute approximate surface area is 148 Å². The van der Waals surface area contributed by atoms with Gasteiger partial charge in [0.2, 0.25) is 0 Å². The van der Waals surface area contributed by atoms with Crippen LogP contribution in [-0.4, -0.2) is 40.7 Å². The van der Waals surface area contributed by atoms with Crippen LogP contribution in [-0.2, 0) is 4.74 Å². The minimum absolute atomic E-state index is 0.0951. The number of hydrogen-bond donors (Lipinski definition) is 0. The van der Waals surface area contributed by atoms with Crippen molar-refractivity contribution in [2.24, 2.45) is 0 Å². The first-order chi connectivity index (χ1) is 10.7. The van der Waals surface area contributed by atoms with E-state index in [-0.39, 0.29) is 4.93 Å². The molecule has 7 rings (SSSR count). The molecule has 7 aliphatic rings. The van der Waals surface area contributed by atoms with Gasteiger partial charge in [-0.3, -0.25) is 0 Å². The molecule has 22 heavy (non-hydrogen) atoms. The van der Waals surface area contributed by atoms with Gasteiger partial charge in [0.05, 0.1) is 15.2 Å². The van der Waals surface area contributed by atoms with Gasteiger partial charge in [-0.25, -0.2) is 0 Å². The van der Waals surface area contributed by atoms with Gasteiger partial charge < -0.3 is 4.74 Å². The van der Waals surface area contributed by atoms with Crippen molar-refractivity contribution in [3.8, 4) is 0 Å². The molecule has 0 radical (unpaired) electrons. The Hall–Kier alpha value is 0.680. The van der Waals surface area contributed by atoms with Crippen molar-refractivity contribution < 1.29 is 4.74 Å². The van der Waals surface area contributed by atoms with E-state index in [1.165, 1.54) is 25.0 Å². The van der Waals surface area contributed by atoms with Crippen molar-refractivity contribution in [1.82, 2.24) is 0 Å². The molecule has 0 amide bonds. The Balaban J connectivity index is 1.40. The monoisotopic (exact) mass is 366 g/mol. The van der Waals surface area contributed by atoms with E-state index in [2.05, 4.69) is 67.0 Å². The predicted octanol–water partition coefficient (Wildman–Crippen LogP) is 4.44. The molecule has 0 saturated carbocycles. The Bertz CT molecular complexity index is 715. The van der Waals surface area contributed by atoms with Crippen LogP contribution < -0.4 is 0 Å². The zero-order valence-electron chi connectivity index (χ0n) is 12.6. The van der Waals surface area contributed by atoms with Crippen LogP contribution in [0.5, 0.6) is 0 Å². The number of fused-ring (bicyclic) bond motifs is 7. The van der Waals surface area contributed by atoms with Crippen LogP contribution in [0.25, 0.3) is 0 Å². The molecule has 0 bridgehead atoms. The fourth-order valence-corrected chi connectivity index (χ4v) is 12.5. The summed E-state index contributed by atoms with van der Waals surface area (Å²) < 4.78 is 7.82. The van der Waals surface area contributed by atoms with E-state index >= 15 is 0 Å². The van der Waals surface area contributed by atoms with Gasteiger partial charge in [0.15, 0.2) is 4.93 Å². The van der Waals surface area contributed by atoms with Gasteiger partial charge >= 0.3 is 0 Å². The molecule has 116 valence electrons. The van der Waals surface area contributed by atoms with Crippen LogP contribution in [0.15, 0.2) is 23.0 Å². The molecule has 5 heterocycles. The molecule has 8 unspecified atom stereocenters. The third kappa shape index (κ3) is 1.14. The van der Waals surface area contributed by atoms with Crippen molar-refractivity contribution in [1.29, 1.82) is 0 Å². The summed E-state index contributed by atoms with van der Waals surface area (Å²) in [6.45, 7) is 4.82. The van der Waals surface area contributed by atoms with Crippen LogP contribution in [0.3, 0.4) is 0 Å². The SMILES string of the molecule is CCC12SC1(CC)C1SC1C1=C2CC2=CC3SC3C3SC23O1. The van der Waals surface area contributed by atoms with E-state index in [0.717, 1.165) is 21.0 Å². The fraction of sp³-hybridized carbons (Fsp3) is 0.765. The molecule has 1 spiro atoms. The Morgan fingerprint density at radius 1 is 1.23 bits per heavy atom. The van der Waals surface area contributed by atoms with Gasteiger partial charge in [0, 0.05) is 20.5 Å². The maximum absolute atomic E-state index is 6.85. The molecule has 0 aromatic heterocycles. The van der Waals surface area contributed by atoms with Crippen molar-refractivity contribution in [3.63, 3.8) is 0 Å². The molecular formula is C17H18OS4. The quantitative estimate of drug-likeness (QED) is 0.526. The Morgan fingerprint density at radius 3 is 2.95 bits per heavy atom. The van der Waals surface area contributed by atoms with E-state index in [1.54, 1.807) is 11.1 Å². The van der Waals surface area contributed by atoms with Crippen LogP contribution in [0.4, 0.5) is 0 Å². The molecule has 4 saturated heterocycles. The molecule has 1 nitrogen and oxygen atoms in total. The number of ether oxygens (including phenoxy) is 1. The summed E-state index contributed by atoms with van der Waals surface area (Å²) >= 11 is 8.79. The summed E-state index contributed by atoms with van der Waals surface area (Å²) in [5.74, 6) is 1.45. The van der Waals surface area contributed by atoms with Gasteiger partial charge in [0.1, 0.15) is 5.76 Å². The molecule has 0 N–H and O–H groups in total. The predicted molar refractivity (Wildman–Crippen MR) is 98.9 cm³/mol. The smallest absolute Gasteiger partial charge is 0.189 e. The first-order valence-electron chi connectivity index (χ1n) is 8.52. The Kier molecular flexibility index (Phi) is 2.05. The third-order valence-electron chi connectivity index (χ3n) is 6.94. The molecule has 0 aromatic rings. The molecule has 8 atom stereocenters. The zero-order chi connectivity index (χ0) is 14.5. The minimum atomic E-state index is 0.0951. The first kappa shape index (κ1) is 13.0. The normalized spacial score (nSPS) is 63.9. The van der Waals surface area contributed by atoms with Gasteiger partial charge in [-0.05, 0) is 30.4 Å². The van der Waals surface area contributed by atoms with E-state index in [0.29, 0.717) is 14.7 Å². The van der Waals surface area contributed by atoms with Crippen molar-refractivity contribution in [2.45, 2.75) is 73.8 Å². The topological polar surface area (TPSA) is 9.23 Å². The Morgan fingerprint density at radius 2 is 2.14 bits per heavy atom. The molecule has 4 fully saturated rings. The van der Waals surface area contributed by atoms with Crippen molar-refractivity contribution in [2.75, 3.05) is 0 Å². The van der Waals surface area contributed by atoms with Crippen molar-refractivity contribution >= 4 is 47.0 Å². The lowest BCUT2D eigenvalue weighted by Crippen LogP contribution is -2.43.